The minimum Gasteiger partial charge on any atom is -0.446 e. The van der Waals surface area contributed by atoms with Gasteiger partial charge in [0.05, 0.1) is 0 Å². The second-order valence-corrected chi connectivity index (χ2v) is 7.86. The van der Waals surface area contributed by atoms with Crippen LogP contribution in [0.2, 0.25) is 0 Å². The Morgan fingerprint density at radius 2 is 1.53 bits per heavy atom. The van der Waals surface area contributed by atoms with Crippen LogP contribution >= 0.6 is 0 Å². The Balaban J connectivity index is 1.59. The highest BCUT2D eigenvalue weighted by molar-refractivity contribution is 5.94. The summed E-state index contributed by atoms with van der Waals surface area (Å²) in [5.41, 5.74) is 5.33. The number of aryl methyl sites for hydroxylation is 1. The Labute approximate surface area is 175 Å². The third-order valence-electron chi connectivity index (χ3n) is 5.95. The summed E-state index contributed by atoms with van der Waals surface area (Å²) in [4.78, 5) is 24.2. The van der Waals surface area contributed by atoms with Crippen LogP contribution in [0.15, 0.2) is 84.9 Å². The van der Waals surface area contributed by atoms with Gasteiger partial charge in [0.25, 0.3) is 0 Å². The Hall–Kier alpha value is -3.66. The number of hydrogen-bond acceptors (Lipinski definition) is 3. The highest BCUT2D eigenvalue weighted by Crippen LogP contribution is 2.46. The van der Waals surface area contributed by atoms with Crippen molar-refractivity contribution >= 4 is 17.6 Å². The zero-order valence-corrected chi connectivity index (χ0v) is 16.5. The average molecular weight is 395 g/mol. The molecule has 0 saturated carbocycles. The van der Waals surface area contributed by atoms with Crippen molar-refractivity contribution in [3.63, 3.8) is 0 Å². The van der Waals surface area contributed by atoms with Crippen molar-refractivity contribution < 1.29 is 14.3 Å². The van der Waals surface area contributed by atoms with E-state index in [0.29, 0.717) is 24.8 Å². The molecule has 0 bridgehead atoms. The molecular weight excluding hydrogens is 374 g/mol. The monoisotopic (exact) mass is 395 g/mol. The summed E-state index contributed by atoms with van der Waals surface area (Å²) in [5.74, 6) is -0.377. The Kier molecular flexibility index (Phi) is 4.28. The van der Waals surface area contributed by atoms with Gasteiger partial charge in [0.2, 0.25) is 5.91 Å². The summed E-state index contributed by atoms with van der Waals surface area (Å²) in [6.07, 6.45) is 1.58. The first-order chi connectivity index (χ1) is 14.5. The molecule has 1 fully saturated rings. The number of benzene rings is 3. The van der Waals surface area contributed by atoms with E-state index in [2.05, 4.69) is 24.0 Å². The maximum Gasteiger partial charge on any atom is 0.334 e. The van der Waals surface area contributed by atoms with Gasteiger partial charge >= 0.3 is 5.97 Å². The van der Waals surface area contributed by atoms with Gasteiger partial charge in [0, 0.05) is 35.2 Å². The Morgan fingerprint density at radius 3 is 2.23 bits per heavy atom. The number of hydrogen-bond donors (Lipinski definition) is 1. The quantitative estimate of drug-likeness (QED) is 0.502. The van der Waals surface area contributed by atoms with Crippen molar-refractivity contribution in [3.8, 4) is 11.1 Å². The fourth-order valence-electron chi connectivity index (χ4n) is 4.31. The maximum atomic E-state index is 12.4. The van der Waals surface area contributed by atoms with Gasteiger partial charge in [0.15, 0.2) is 5.60 Å². The van der Waals surface area contributed by atoms with Gasteiger partial charge in [-0.1, -0.05) is 73.3 Å². The SMILES string of the molecule is C=C1CC(c2ccc(-c3ccccc3)cc2)(c2ccc3c(c2)NC(=O)CC3)OC1=O. The second kappa shape index (κ2) is 6.99. The molecule has 0 aliphatic carbocycles. The van der Waals surface area contributed by atoms with Gasteiger partial charge in [0.1, 0.15) is 0 Å². The molecule has 4 heteroatoms. The number of anilines is 1. The molecule has 148 valence electrons. The van der Waals surface area contributed by atoms with Gasteiger partial charge in [-0.3, -0.25) is 4.79 Å². The van der Waals surface area contributed by atoms with Crippen LogP contribution in [0, 0.1) is 0 Å². The van der Waals surface area contributed by atoms with Crippen LogP contribution in [0.5, 0.6) is 0 Å². The van der Waals surface area contributed by atoms with E-state index in [1.807, 2.05) is 60.7 Å². The van der Waals surface area contributed by atoms with Gasteiger partial charge in [-0.05, 0) is 29.2 Å². The largest absolute Gasteiger partial charge is 0.446 e. The highest BCUT2D eigenvalue weighted by atomic mass is 16.6. The molecule has 4 nitrogen and oxygen atoms in total. The van der Waals surface area contributed by atoms with E-state index in [1.165, 1.54) is 0 Å². The molecule has 5 rings (SSSR count). The molecule has 0 spiro atoms. The lowest BCUT2D eigenvalue weighted by Gasteiger charge is -2.30. The lowest BCUT2D eigenvalue weighted by molar-refractivity contribution is -0.144. The summed E-state index contributed by atoms with van der Waals surface area (Å²) in [6, 6.07) is 24.2. The van der Waals surface area contributed by atoms with Crippen molar-refractivity contribution in [2.24, 2.45) is 0 Å². The standard InChI is InChI=1S/C26H21NO3/c1-17-16-26(30-25(17)29,22-13-9-20-10-14-24(28)27-23(20)15-22)21-11-7-19(8-12-21)18-5-3-2-4-6-18/h2-9,11-13,15H,1,10,14,16H2,(H,27,28). The fraction of sp³-hybridized carbons (Fsp3) is 0.154. The summed E-state index contributed by atoms with van der Waals surface area (Å²) >= 11 is 0. The van der Waals surface area contributed by atoms with E-state index >= 15 is 0 Å². The summed E-state index contributed by atoms with van der Waals surface area (Å²) in [5, 5.41) is 2.94. The van der Waals surface area contributed by atoms with E-state index in [-0.39, 0.29) is 11.9 Å². The predicted molar refractivity (Wildman–Crippen MR) is 116 cm³/mol. The predicted octanol–water partition coefficient (Wildman–Crippen LogP) is 4.99. The van der Waals surface area contributed by atoms with E-state index in [0.717, 1.165) is 33.5 Å². The van der Waals surface area contributed by atoms with Crippen LogP contribution in [0.25, 0.3) is 11.1 Å². The second-order valence-electron chi connectivity index (χ2n) is 7.86. The third kappa shape index (κ3) is 3.01. The third-order valence-corrected chi connectivity index (χ3v) is 5.95. The number of rotatable bonds is 3. The van der Waals surface area contributed by atoms with Crippen LogP contribution in [-0.4, -0.2) is 11.9 Å². The molecule has 0 aromatic heterocycles. The van der Waals surface area contributed by atoms with Crippen molar-refractivity contribution in [1.82, 2.24) is 0 Å². The number of nitrogens with one attached hydrogen (secondary N) is 1. The van der Waals surface area contributed by atoms with E-state index in [4.69, 9.17) is 4.74 Å². The molecule has 2 heterocycles. The lowest BCUT2D eigenvalue weighted by atomic mass is 9.81. The molecule has 1 atom stereocenters. The number of cyclic esters (lactones) is 1. The van der Waals surface area contributed by atoms with Gasteiger partial charge < -0.3 is 10.1 Å². The number of fused-ring (bicyclic) bond motifs is 1. The van der Waals surface area contributed by atoms with E-state index in [9.17, 15) is 9.59 Å². The first kappa shape index (κ1) is 18.4. The molecule has 0 radical (unpaired) electrons. The molecule has 1 amide bonds. The zero-order valence-electron chi connectivity index (χ0n) is 16.5. The van der Waals surface area contributed by atoms with Crippen molar-refractivity contribution in [2.45, 2.75) is 24.9 Å². The van der Waals surface area contributed by atoms with E-state index in [1.54, 1.807) is 0 Å². The lowest BCUT2D eigenvalue weighted by Crippen LogP contribution is -2.28. The summed E-state index contributed by atoms with van der Waals surface area (Å²) < 4.78 is 5.95. The molecule has 1 N–H and O–H groups in total. The molecule has 3 aromatic rings. The van der Waals surface area contributed by atoms with Crippen molar-refractivity contribution in [3.05, 3.63) is 102 Å². The number of esters is 1. The topological polar surface area (TPSA) is 55.4 Å². The number of ether oxygens (including phenoxy) is 1. The Bertz CT molecular complexity index is 1150. The first-order valence-electron chi connectivity index (χ1n) is 10.1. The molecule has 1 saturated heterocycles. The normalized spacial score (nSPS) is 20.5. The maximum absolute atomic E-state index is 12.4. The van der Waals surface area contributed by atoms with Gasteiger partial charge in [-0.15, -0.1) is 0 Å². The number of carbonyl (C=O) groups is 2. The number of carbonyl (C=O) groups excluding carboxylic acids is 2. The van der Waals surface area contributed by atoms with Crippen molar-refractivity contribution in [2.75, 3.05) is 5.32 Å². The average Bonchev–Trinajstić information content (AvgIpc) is 3.09. The van der Waals surface area contributed by atoms with Gasteiger partial charge in [-0.2, -0.15) is 0 Å². The molecular formula is C26H21NO3. The molecule has 3 aromatic carbocycles. The summed E-state index contributed by atoms with van der Waals surface area (Å²) in [6.45, 7) is 3.90. The number of amides is 1. The molecule has 2 aliphatic heterocycles. The molecule has 30 heavy (non-hydrogen) atoms. The minimum absolute atomic E-state index is 0.00809. The highest BCUT2D eigenvalue weighted by Gasteiger charge is 2.46. The first-order valence-corrected chi connectivity index (χ1v) is 10.1. The zero-order chi connectivity index (χ0) is 20.7. The van der Waals surface area contributed by atoms with Crippen LogP contribution in [0.1, 0.15) is 29.5 Å². The van der Waals surface area contributed by atoms with Crippen LogP contribution < -0.4 is 5.32 Å². The smallest absolute Gasteiger partial charge is 0.334 e. The summed E-state index contributed by atoms with van der Waals surface area (Å²) in [7, 11) is 0. The van der Waals surface area contributed by atoms with Crippen molar-refractivity contribution in [1.29, 1.82) is 0 Å². The fourth-order valence-corrected chi connectivity index (χ4v) is 4.31. The molecule has 2 aliphatic rings. The van der Waals surface area contributed by atoms with Crippen LogP contribution in [0.3, 0.4) is 0 Å². The van der Waals surface area contributed by atoms with Gasteiger partial charge in [-0.25, -0.2) is 4.79 Å². The van der Waals surface area contributed by atoms with E-state index < -0.39 is 5.60 Å². The minimum atomic E-state index is -0.944. The Morgan fingerprint density at radius 1 is 0.833 bits per heavy atom. The molecule has 1 unspecified atom stereocenters. The van der Waals surface area contributed by atoms with Crippen LogP contribution in [-0.2, 0) is 26.3 Å². The van der Waals surface area contributed by atoms with Crippen LogP contribution in [0.4, 0.5) is 5.69 Å².